The lowest BCUT2D eigenvalue weighted by Crippen LogP contribution is -2.59. The van der Waals surface area contributed by atoms with Gasteiger partial charge in [0.15, 0.2) is 11.8 Å². The SMILES string of the molecule is COCOc1cccc2c1C(=O)C1=C([N+]#N)C3=C(C1=C2O)[C@H](O)[C@@H](O)[C@](C)(O)[C@@H]3O. The number of aliphatic hydroxyl groups is 5. The number of aliphatic hydroxyl groups excluding tert-OH is 4. The first-order valence-electron chi connectivity index (χ1n) is 9.02. The molecule has 0 bridgehead atoms. The third-order valence-corrected chi connectivity index (χ3v) is 5.73. The van der Waals surface area contributed by atoms with Crippen LogP contribution in [0.1, 0.15) is 22.8 Å². The number of ketones is 1. The molecule has 4 rings (SSSR count). The summed E-state index contributed by atoms with van der Waals surface area (Å²) in [4.78, 5) is 16.5. The zero-order valence-corrected chi connectivity index (χ0v) is 16.0. The van der Waals surface area contributed by atoms with Crippen LogP contribution in [-0.2, 0) is 4.74 Å². The van der Waals surface area contributed by atoms with Crippen molar-refractivity contribution in [2.75, 3.05) is 13.9 Å². The number of rotatable bonds is 3. The van der Waals surface area contributed by atoms with E-state index in [1.165, 1.54) is 25.3 Å². The molecule has 0 amide bonds. The normalized spacial score (nSPS) is 30.2. The number of diazo groups is 1. The lowest BCUT2D eigenvalue weighted by atomic mass is 9.74. The molecule has 10 heteroatoms. The van der Waals surface area contributed by atoms with Crippen molar-refractivity contribution in [3.05, 3.63) is 62.3 Å². The molecular formula is C20H19N2O8+. The smallest absolute Gasteiger partial charge is 0.403 e. The molecule has 3 aliphatic rings. The van der Waals surface area contributed by atoms with Crippen LogP contribution in [0.25, 0.3) is 10.7 Å². The maximum atomic E-state index is 13.4. The van der Waals surface area contributed by atoms with E-state index in [1.54, 1.807) is 0 Å². The van der Waals surface area contributed by atoms with Crippen molar-refractivity contribution >= 4 is 11.5 Å². The molecule has 30 heavy (non-hydrogen) atoms. The first-order valence-corrected chi connectivity index (χ1v) is 9.02. The molecule has 5 N–H and O–H groups in total. The molecule has 3 aliphatic carbocycles. The van der Waals surface area contributed by atoms with Crippen LogP contribution in [0.15, 0.2) is 46.2 Å². The number of carbonyl (C=O) groups is 1. The molecule has 156 valence electrons. The van der Waals surface area contributed by atoms with E-state index in [9.17, 15) is 35.7 Å². The molecule has 4 atom stereocenters. The molecule has 1 aromatic rings. The van der Waals surface area contributed by atoms with Gasteiger partial charge in [-0.1, -0.05) is 12.1 Å². The Balaban J connectivity index is 2.03. The number of carbonyl (C=O) groups excluding carboxylic acids is 1. The average molecular weight is 415 g/mol. The summed E-state index contributed by atoms with van der Waals surface area (Å²) in [6.45, 7) is 0.928. The number of Topliss-reactive ketones (excluding diaryl/α,β-unsaturated/α-hetero) is 1. The van der Waals surface area contributed by atoms with E-state index in [-0.39, 0.29) is 46.0 Å². The molecule has 0 spiro atoms. The first-order chi connectivity index (χ1) is 14.2. The molecule has 0 aromatic heterocycles. The van der Waals surface area contributed by atoms with Crippen molar-refractivity contribution in [2.24, 2.45) is 0 Å². The molecule has 0 saturated heterocycles. The second kappa shape index (κ2) is 6.73. The Hall–Kier alpha value is -3.07. The van der Waals surface area contributed by atoms with Gasteiger partial charge in [0, 0.05) is 23.8 Å². The number of nitrogens with zero attached hydrogens (tertiary/aromatic N) is 2. The predicted octanol–water partition coefficient (Wildman–Crippen LogP) is 0.399. The van der Waals surface area contributed by atoms with E-state index >= 15 is 0 Å². The quantitative estimate of drug-likeness (QED) is 0.347. The van der Waals surface area contributed by atoms with E-state index in [0.717, 1.165) is 6.92 Å². The Labute approximate surface area is 170 Å². The molecule has 10 nitrogen and oxygen atoms in total. The summed E-state index contributed by atoms with van der Waals surface area (Å²) in [5.74, 6) is -1.03. The second-order valence-electron chi connectivity index (χ2n) is 7.45. The van der Waals surface area contributed by atoms with Crippen molar-refractivity contribution < 1.29 is 39.8 Å². The summed E-state index contributed by atoms with van der Waals surface area (Å²) in [5, 5.41) is 62.7. The largest absolute Gasteiger partial charge is 0.507 e. The summed E-state index contributed by atoms with van der Waals surface area (Å²) >= 11 is 0. The minimum atomic E-state index is -2.21. The van der Waals surface area contributed by atoms with Gasteiger partial charge in [0.2, 0.25) is 11.2 Å². The van der Waals surface area contributed by atoms with E-state index in [4.69, 9.17) is 9.47 Å². The van der Waals surface area contributed by atoms with Gasteiger partial charge in [-0.2, -0.15) is 0 Å². The Morgan fingerprint density at radius 3 is 2.53 bits per heavy atom. The maximum Gasteiger partial charge on any atom is 0.403 e. The highest BCUT2D eigenvalue weighted by atomic mass is 16.7. The number of methoxy groups -OCH3 is 1. The van der Waals surface area contributed by atoms with Crippen molar-refractivity contribution in [2.45, 2.75) is 30.8 Å². The van der Waals surface area contributed by atoms with Crippen LogP contribution in [0.3, 0.4) is 0 Å². The van der Waals surface area contributed by atoms with Gasteiger partial charge in [-0.25, -0.2) is 0 Å². The Morgan fingerprint density at radius 2 is 1.90 bits per heavy atom. The van der Waals surface area contributed by atoms with Crippen LogP contribution in [0.4, 0.5) is 0 Å². The van der Waals surface area contributed by atoms with Gasteiger partial charge in [0.25, 0.3) is 0 Å². The minimum Gasteiger partial charge on any atom is -0.507 e. The summed E-state index contributed by atoms with van der Waals surface area (Å²) < 4.78 is 10.3. The summed E-state index contributed by atoms with van der Waals surface area (Å²) in [6, 6.07) is 4.49. The maximum absolute atomic E-state index is 13.4. The van der Waals surface area contributed by atoms with Crippen LogP contribution < -0.4 is 4.74 Å². The van der Waals surface area contributed by atoms with Gasteiger partial charge in [-0.3, -0.25) is 4.79 Å². The zero-order chi connectivity index (χ0) is 22.0. The lowest BCUT2D eigenvalue weighted by molar-refractivity contribution is -0.158. The number of hydrogen-bond acceptors (Lipinski definition) is 9. The van der Waals surface area contributed by atoms with Gasteiger partial charge in [-0.05, 0) is 13.0 Å². The van der Waals surface area contributed by atoms with Crippen LogP contribution in [-0.4, -0.2) is 69.1 Å². The molecule has 0 heterocycles. The van der Waals surface area contributed by atoms with Gasteiger partial charge in [0.1, 0.15) is 41.0 Å². The van der Waals surface area contributed by atoms with E-state index in [2.05, 4.69) is 4.98 Å². The standard InChI is InChI=1S/C20H18N2O8/c1-20(28)18(26)13-11(17(25)19(20)27)10-12(14(13)22-21)16(24)9-7(15(10)23)4-3-5-8(9)30-6-29-2/h3-5,17-19,25-28H,6H2,1-2H3/p+1/t17-,18+,19+,20+/m0/s1. The molecule has 0 radical (unpaired) electrons. The zero-order valence-electron chi connectivity index (χ0n) is 16.0. The van der Waals surface area contributed by atoms with Crippen LogP contribution in [0.2, 0.25) is 0 Å². The minimum absolute atomic E-state index is 0.0249. The van der Waals surface area contributed by atoms with Crippen molar-refractivity contribution in [3.63, 3.8) is 0 Å². The highest BCUT2D eigenvalue weighted by molar-refractivity contribution is 6.22. The topological polar surface area (TPSA) is 165 Å². The average Bonchev–Trinajstić information content (AvgIpc) is 3.08. The molecule has 0 aliphatic heterocycles. The number of hydrogen-bond donors (Lipinski definition) is 5. The molecule has 0 unspecified atom stereocenters. The highest BCUT2D eigenvalue weighted by Crippen LogP contribution is 2.53. The number of ether oxygens (including phenoxy) is 2. The Bertz CT molecular complexity index is 1110. The van der Waals surface area contributed by atoms with E-state index < -0.39 is 41.2 Å². The number of benzene rings is 1. The van der Waals surface area contributed by atoms with Crippen LogP contribution in [0.5, 0.6) is 5.75 Å². The fourth-order valence-electron chi connectivity index (χ4n) is 4.20. The van der Waals surface area contributed by atoms with Crippen molar-refractivity contribution in [1.29, 1.82) is 5.39 Å². The third-order valence-electron chi connectivity index (χ3n) is 5.73. The van der Waals surface area contributed by atoms with Crippen molar-refractivity contribution in [3.8, 4) is 5.75 Å². The number of allylic oxidation sites excluding steroid dienone is 1. The Morgan fingerprint density at radius 1 is 1.20 bits per heavy atom. The van der Waals surface area contributed by atoms with Gasteiger partial charge in [-0.15, -0.1) is 0 Å². The molecule has 0 fully saturated rings. The second-order valence-corrected chi connectivity index (χ2v) is 7.45. The summed E-state index contributed by atoms with van der Waals surface area (Å²) in [7, 11) is 1.40. The van der Waals surface area contributed by atoms with Gasteiger partial charge >= 0.3 is 5.70 Å². The van der Waals surface area contributed by atoms with Crippen molar-refractivity contribution in [1.82, 2.24) is 0 Å². The first kappa shape index (κ1) is 20.2. The third kappa shape index (κ3) is 2.41. The predicted molar refractivity (Wildman–Crippen MR) is 101 cm³/mol. The monoisotopic (exact) mass is 415 g/mol. The van der Waals surface area contributed by atoms with Crippen LogP contribution >= 0.6 is 0 Å². The highest BCUT2D eigenvalue weighted by Gasteiger charge is 2.60. The van der Waals surface area contributed by atoms with E-state index in [1.807, 2.05) is 0 Å². The fourth-order valence-corrected chi connectivity index (χ4v) is 4.20. The molecule has 1 aromatic carbocycles. The summed E-state index contributed by atoms with van der Waals surface area (Å²) in [5.41, 5.74) is -3.47. The molecule has 0 saturated carbocycles. The summed E-state index contributed by atoms with van der Waals surface area (Å²) in [6.07, 6.45) is -5.42. The van der Waals surface area contributed by atoms with Crippen LogP contribution in [0, 0.1) is 5.39 Å². The van der Waals surface area contributed by atoms with E-state index in [0.29, 0.717) is 0 Å². The van der Waals surface area contributed by atoms with Gasteiger partial charge < -0.3 is 35.0 Å². The lowest BCUT2D eigenvalue weighted by Gasteiger charge is -2.41. The fraction of sp³-hybridized carbons (Fsp3) is 0.350. The number of fused-ring (bicyclic) bond motifs is 3. The van der Waals surface area contributed by atoms with Gasteiger partial charge in [0.05, 0.1) is 11.1 Å². The Kier molecular flexibility index (Phi) is 4.54. The molecular weight excluding hydrogens is 396 g/mol.